The molecule has 0 bridgehead atoms. The van der Waals surface area contributed by atoms with E-state index in [1.54, 1.807) is 23.6 Å². The lowest BCUT2D eigenvalue weighted by atomic mass is 9.94. The lowest BCUT2D eigenvalue weighted by molar-refractivity contribution is -0.144. The maximum absolute atomic E-state index is 12.1. The molecule has 22 heavy (non-hydrogen) atoms. The zero-order valence-electron chi connectivity index (χ0n) is 11.4. The molecule has 2 N–H and O–H groups in total. The zero-order chi connectivity index (χ0) is 16.2. The third kappa shape index (κ3) is 4.11. The molecule has 0 fully saturated rings. The molecule has 120 valence electrons. The Labute approximate surface area is 128 Å². The summed E-state index contributed by atoms with van der Waals surface area (Å²) in [6.45, 7) is -0.232. The highest BCUT2D eigenvalue weighted by molar-refractivity contribution is 7.10. The van der Waals surface area contributed by atoms with E-state index in [1.165, 1.54) is 23.9 Å². The molecule has 8 heteroatoms. The van der Waals surface area contributed by atoms with E-state index in [2.05, 4.69) is 5.32 Å². The number of halogens is 3. The second-order valence-corrected chi connectivity index (χ2v) is 5.69. The average Bonchev–Trinajstić information content (AvgIpc) is 3.13. The van der Waals surface area contributed by atoms with Crippen molar-refractivity contribution in [3.05, 3.63) is 46.5 Å². The quantitative estimate of drug-likeness (QED) is 0.854. The number of carbonyl (C=O) groups excluding carboxylic acids is 1. The van der Waals surface area contributed by atoms with Crippen LogP contribution < -0.4 is 5.32 Å². The van der Waals surface area contributed by atoms with Gasteiger partial charge < -0.3 is 14.8 Å². The lowest BCUT2D eigenvalue weighted by Crippen LogP contribution is -2.41. The second kappa shape index (κ2) is 6.53. The van der Waals surface area contributed by atoms with Crippen molar-refractivity contribution in [2.24, 2.45) is 0 Å². The molecule has 1 unspecified atom stereocenters. The third-order valence-corrected chi connectivity index (χ3v) is 4.13. The van der Waals surface area contributed by atoms with Gasteiger partial charge in [-0.15, -0.1) is 11.3 Å². The normalized spacial score (nSPS) is 14.5. The van der Waals surface area contributed by atoms with E-state index in [1.807, 2.05) is 0 Å². The molecule has 2 rings (SSSR count). The van der Waals surface area contributed by atoms with E-state index in [0.29, 0.717) is 10.4 Å². The fourth-order valence-corrected chi connectivity index (χ4v) is 2.76. The maximum Gasteiger partial charge on any atom is 0.389 e. The van der Waals surface area contributed by atoms with Gasteiger partial charge in [0.05, 0.1) is 25.5 Å². The minimum absolute atomic E-state index is 0.232. The molecule has 1 amide bonds. The van der Waals surface area contributed by atoms with Gasteiger partial charge in [0, 0.05) is 16.9 Å². The third-order valence-electron chi connectivity index (χ3n) is 3.10. The largest absolute Gasteiger partial charge is 0.472 e. The van der Waals surface area contributed by atoms with Crippen molar-refractivity contribution in [3.63, 3.8) is 0 Å². The summed E-state index contributed by atoms with van der Waals surface area (Å²) >= 11 is 1.27. The minimum atomic E-state index is -4.38. The topological polar surface area (TPSA) is 62.5 Å². The van der Waals surface area contributed by atoms with Crippen molar-refractivity contribution in [1.82, 2.24) is 5.32 Å². The SMILES string of the molecule is O=C(CCC(F)(F)F)NCC(O)(c1ccoc1)c1cccs1. The number of aliphatic hydroxyl groups is 1. The lowest BCUT2D eigenvalue weighted by Gasteiger charge is -2.26. The first-order valence-electron chi connectivity index (χ1n) is 6.44. The highest BCUT2D eigenvalue weighted by Crippen LogP contribution is 2.32. The summed E-state index contributed by atoms with van der Waals surface area (Å²) in [5.41, 5.74) is -1.11. The molecule has 0 aliphatic heterocycles. The molecular formula is C14H14F3NO3S. The van der Waals surface area contributed by atoms with Crippen molar-refractivity contribution in [2.45, 2.75) is 24.6 Å². The minimum Gasteiger partial charge on any atom is -0.472 e. The Bertz CT molecular complexity index is 559. The van der Waals surface area contributed by atoms with E-state index in [9.17, 15) is 23.1 Å². The molecule has 4 nitrogen and oxygen atoms in total. The molecule has 0 saturated heterocycles. The Morgan fingerprint density at radius 1 is 1.36 bits per heavy atom. The van der Waals surface area contributed by atoms with E-state index in [4.69, 9.17) is 4.42 Å². The van der Waals surface area contributed by atoms with Gasteiger partial charge in [-0.3, -0.25) is 4.79 Å². The van der Waals surface area contributed by atoms with Crippen molar-refractivity contribution >= 4 is 17.2 Å². The number of nitrogens with one attached hydrogen (secondary N) is 1. The predicted octanol–water partition coefficient (Wildman–Crippen LogP) is 3.04. The maximum atomic E-state index is 12.1. The van der Waals surface area contributed by atoms with Crippen LogP contribution in [0.25, 0.3) is 0 Å². The van der Waals surface area contributed by atoms with E-state index in [0.717, 1.165) is 0 Å². The van der Waals surface area contributed by atoms with Crippen molar-refractivity contribution in [3.8, 4) is 0 Å². The number of rotatable bonds is 6. The van der Waals surface area contributed by atoms with Crippen LogP contribution in [-0.2, 0) is 10.4 Å². The molecule has 0 aliphatic carbocycles. The Kier molecular flexibility index (Phi) is 4.92. The van der Waals surface area contributed by atoms with Gasteiger partial charge in [0.15, 0.2) is 0 Å². The summed E-state index contributed by atoms with van der Waals surface area (Å²) in [4.78, 5) is 12.1. The molecule has 0 aromatic carbocycles. The molecule has 0 saturated carbocycles. The van der Waals surface area contributed by atoms with Gasteiger partial charge in [0.2, 0.25) is 5.91 Å². The number of furan rings is 1. The molecule has 2 heterocycles. The van der Waals surface area contributed by atoms with Crippen LogP contribution in [0.4, 0.5) is 13.2 Å². The van der Waals surface area contributed by atoms with Crippen LogP contribution in [0.15, 0.2) is 40.5 Å². The van der Waals surface area contributed by atoms with E-state index < -0.39 is 30.5 Å². The Morgan fingerprint density at radius 2 is 2.14 bits per heavy atom. The number of carbonyl (C=O) groups is 1. The summed E-state index contributed by atoms with van der Waals surface area (Å²) in [7, 11) is 0. The van der Waals surface area contributed by atoms with Crippen LogP contribution >= 0.6 is 11.3 Å². The van der Waals surface area contributed by atoms with Crippen LogP contribution in [0.5, 0.6) is 0 Å². The van der Waals surface area contributed by atoms with E-state index >= 15 is 0 Å². The zero-order valence-corrected chi connectivity index (χ0v) is 12.2. The smallest absolute Gasteiger partial charge is 0.389 e. The molecule has 0 radical (unpaired) electrons. The summed E-state index contributed by atoms with van der Waals surface area (Å²) in [5, 5.41) is 14.9. The van der Waals surface area contributed by atoms with Gasteiger partial charge >= 0.3 is 6.18 Å². The summed E-state index contributed by atoms with van der Waals surface area (Å²) in [6.07, 6.45) is -3.54. The molecule has 0 spiro atoms. The summed E-state index contributed by atoms with van der Waals surface area (Å²) in [5.74, 6) is -0.768. The summed E-state index contributed by atoms with van der Waals surface area (Å²) < 4.78 is 41.2. The van der Waals surface area contributed by atoms with Crippen LogP contribution in [0, 0.1) is 0 Å². The van der Waals surface area contributed by atoms with E-state index in [-0.39, 0.29) is 6.54 Å². The number of hydrogen-bond acceptors (Lipinski definition) is 4. The first-order chi connectivity index (χ1) is 10.3. The predicted molar refractivity (Wildman–Crippen MR) is 74.3 cm³/mol. The standard InChI is InChI=1S/C14H14F3NO3S/c15-14(16,17)5-3-12(19)18-9-13(20,10-4-6-21-8-10)11-2-1-7-22-11/h1-2,4,6-8,20H,3,5,9H2,(H,18,19). The first-order valence-corrected chi connectivity index (χ1v) is 7.32. The van der Waals surface area contributed by atoms with Gasteiger partial charge in [0.1, 0.15) is 5.60 Å². The first kappa shape index (κ1) is 16.6. The Balaban J connectivity index is 2.05. The highest BCUT2D eigenvalue weighted by atomic mass is 32.1. The monoisotopic (exact) mass is 333 g/mol. The van der Waals surface area contributed by atoms with Crippen LogP contribution in [0.3, 0.4) is 0 Å². The molecule has 0 aliphatic rings. The molecular weight excluding hydrogens is 319 g/mol. The fourth-order valence-electron chi connectivity index (χ4n) is 1.92. The molecule has 1 atom stereocenters. The van der Waals surface area contributed by atoms with Crippen LogP contribution in [0.1, 0.15) is 23.3 Å². The Morgan fingerprint density at radius 3 is 2.68 bits per heavy atom. The number of alkyl halides is 3. The number of thiophene rings is 1. The van der Waals surface area contributed by atoms with Gasteiger partial charge in [-0.25, -0.2) is 0 Å². The highest BCUT2D eigenvalue weighted by Gasteiger charge is 2.35. The van der Waals surface area contributed by atoms with Gasteiger partial charge in [0.25, 0.3) is 0 Å². The van der Waals surface area contributed by atoms with Gasteiger partial charge in [-0.2, -0.15) is 13.2 Å². The summed E-state index contributed by atoms with van der Waals surface area (Å²) in [6, 6.07) is 4.96. The molecule has 2 aromatic rings. The second-order valence-electron chi connectivity index (χ2n) is 4.74. The number of hydrogen-bond donors (Lipinski definition) is 2. The van der Waals surface area contributed by atoms with Crippen LogP contribution in [-0.4, -0.2) is 23.7 Å². The molecule has 2 aromatic heterocycles. The fraction of sp³-hybridized carbons (Fsp3) is 0.357. The van der Waals surface area contributed by atoms with Crippen molar-refractivity contribution in [1.29, 1.82) is 0 Å². The average molecular weight is 333 g/mol. The van der Waals surface area contributed by atoms with Crippen molar-refractivity contribution in [2.75, 3.05) is 6.54 Å². The van der Waals surface area contributed by atoms with Gasteiger partial charge in [-0.05, 0) is 17.5 Å². The van der Waals surface area contributed by atoms with Crippen molar-refractivity contribution < 1.29 is 27.5 Å². The number of amides is 1. The van der Waals surface area contributed by atoms with Crippen LogP contribution in [0.2, 0.25) is 0 Å². The van der Waals surface area contributed by atoms with Gasteiger partial charge in [-0.1, -0.05) is 6.07 Å². The Hall–Kier alpha value is -1.80.